The van der Waals surface area contributed by atoms with Crippen LogP contribution in [0.5, 0.6) is 0 Å². The molecule has 16 heavy (non-hydrogen) atoms. The minimum absolute atomic E-state index is 0.220. The molecule has 1 fully saturated rings. The highest BCUT2D eigenvalue weighted by Gasteiger charge is 2.34. The first-order valence-electron chi connectivity index (χ1n) is 6.40. The van der Waals surface area contributed by atoms with Crippen molar-refractivity contribution in [2.24, 2.45) is 11.3 Å². The fourth-order valence-electron chi connectivity index (χ4n) is 2.97. The number of nitrogens with zero attached hydrogens (tertiary/aromatic N) is 1. The fourth-order valence-corrected chi connectivity index (χ4v) is 2.97. The molecular formula is C14H28N2. The summed E-state index contributed by atoms with van der Waals surface area (Å²) in [6.45, 7) is 16.9. The zero-order valence-corrected chi connectivity index (χ0v) is 11.8. The van der Waals surface area contributed by atoms with Crippen LogP contribution in [0, 0.1) is 11.3 Å². The van der Waals surface area contributed by atoms with E-state index in [-0.39, 0.29) is 5.41 Å². The molecule has 0 bridgehead atoms. The molecule has 2 heteroatoms. The van der Waals surface area contributed by atoms with Crippen LogP contribution in [-0.4, -0.2) is 30.6 Å². The first kappa shape index (κ1) is 13.6. The lowest BCUT2D eigenvalue weighted by molar-refractivity contribution is 0.232. The number of rotatable bonds is 3. The lowest BCUT2D eigenvalue weighted by Crippen LogP contribution is -2.45. The summed E-state index contributed by atoms with van der Waals surface area (Å²) in [5.74, 6) is 0.796. The SMILES string of the molecule is C=C([C@@H](NC)C(C)(C)C)N1C[C@H](C)CC1C. The summed E-state index contributed by atoms with van der Waals surface area (Å²) in [7, 11) is 2.03. The molecule has 1 saturated heterocycles. The van der Waals surface area contributed by atoms with E-state index >= 15 is 0 Å². The Kier molecular flexibility index (Phi) is 4.06. The van der Waals surface area contributed by atoms with Crippen LogP contribution in [-0.2, 0) is 0 Å². The lowest BCUT2D eigenvalue weighted by atomic mass is 9.84. The topological polar surface area (TPSA) is 15.3 Å². The zero-order valence-electron chi connectivity index (χ0n) is 11.8. The number of nitrogens with one attached hydrogen (secondary N) is 1. The Labute approximate surface area is 101 Å². The molecule has 94 valence electrons. The molecule has 0 spiro atoms. The molecule has 0 saturated carbocycles. The van der Waals surface area contributed by atoms with Gasteiger partial charge in [-0.05, 0) is 31.7 Å². The molecule has 1 heterocycles. The fraction of sp³-hybridized carbons (Fsp3) is 0.857. The average molecular weight is 224 g/mol. The Morgan fingerprint density at radius 2 is 1.94 bits per heavy atom. The van der Waals surface area contributed by atoms with Crippen molar-refractivity contribution in [1.82, 2.24) is 10.2 Å². The van der Waals surface area contributed by atoms with Crippen LogP contribution in [0.2, 0.25) is 0 Å². The third-order valence-electron chi connectivity index (χ3n) is 3.64. The van der Waals surface area contributed by atoms with Crippen molar-refractivity contribution >= 4 is 0 Å². The quantitative estimate of drug-likeness (QED) is 0.793. The summed E-state index contributed by atoms with van der Waals surface area (Å²) >= 11 is 0. The Morgan fingerprint density at radius 3 is 2.25 bits per heavy atom. The summed E-state index contributed by atoms with van der Waals surface area (Å²) in [4.78, 5) is 2.48. The second-order valence-corrected chi connectivity index (χ2v) is 6.42. The van der Waals surface area contributed by atoms with Crippen molar-refractivity contribution < 1.29 is 0 Å². The normalized spacial score (nSPS) is 28.2. The van der Waals surface area contributed by atoms with E-state index < -0.39 is 0 Å². The van der Waals surface area contributed by atoms with E-state index in [4.69, 9.17) is 0 Å². The molecule has 1 aliphatic rings. The summed E-state index contributed by atoms with van der Waals surface area (Å²) in [6.07, 6.45) is 1.29. The molecule has 1 aliphatic heterocycles. The minimum Gasteiger partial charge on any atom is -0.371 e. The molecule has 0 aromatic rings. The maximum absolute atomic E-state index is 4.32. The molecule has 0 radical (unpaired) electrons. The van der Waals surface area contributed by atoms with Gasteiger partial charge in [-0.25, -0.2) is 0 Å². The summed E-state index contributed by atoms with van der Waals surface area (Å²) in [5, 5.41) is 3.41. The summed E-state index contributed by atoms with van der Waals surface area (Å²) in [6, 6.07) is 1.00. The Balaban J connectivity index is 2.76. The van der Waals surface area contributed by atoms with Crippen molar-refractivity contribution in [3.8, 4) is 0 Å². The molecule has 2 nitrogen and oxygen atoms in total. The molecule has 0 aromatic carbocycles. The Bertz CT molecular complexity index is 252. The van der Waals surface area contributed by atoms with Gasteiger partial charge in [0.25, 0.3) is 0 Å². The summed E-state index contributed by atoms with van der Waals surface area (Å²) in [5.41, 5.74) is 1.48. The van der Waals surface area contributed by atoms with Gasteiger partial charge in [0.2, 0.25) is 0 Å². The highest BCUT2D eigenvalue weighted by Crippen LogP contribution is 2.32. The largest absolute Gasteiger partial charge is 0.371 e. The first-order valence-corrected chi connectivity index (χ1v) is 6.40. The number of likely N-dealkylation sites (N-methyl/N-ethyl adjacent to an activating group) is 1. The van der Waals surface area contributed by atoms with E-state index in [9.17, 15) is 0 Å². The van der Waals surface area contributed by atoms with Gasteiger partial charge >= 0.3 is 0 Å². The standard InChI is InChI=1S/C14H28N2/c1-10-8-11(2)16(9-10)12(3)13(15-7)14(4,5)6/h10-11,13,15H,3,8-9H2,1-2,4-7H3/t10-,11?,13-/m1/s1. The second kappa shape index (κ2) is 4.79. The molecule has 0 aliphatic carbocycles. The molecule has 3 atom stereocenters. The highest BCUT2D eigenvalue weighted by molar-refractivity contribution is 5.12. The van der Waals surface area contributed by atoms with Gasteiger partial charge in [0, 0.05) is 18.3 Å². The second-order valence-electron chi connectivity index (χ2n) is 6.42. The van der Waals surface area contributed by atoms with Crippen LogP contribution in [0.25, 0.3) is 0 Å². The van der Waals surface area contributed by atoms with Crippen molar-refractivity contribution in [3.63, 3.8) is 0 Å². The van der Waals surface area contributed by atoms with Gasteiger partial charge in [-0.15, -0.1) is 0 Å². The van der Waals surface area contributed by atoms with Gasteiger partial charge in [0.1, 0.15) is 0 Å². The molecule has 0 aromatic heterocycles. The average Bonchev–Trinajstić information content (AvgIpc) is 2.43. The van der Waals surface area contributed by atoms with E-state index in [1.165, 1.54) is 12.1 Å². The van der Waals surface area contributed by atoms with E-state index in [0.717, 1.165) is 12.5 Å². The third kappa shape index (κ3) is 2.79. The number of hydrogen-bond acceptors (Lipinski definition) is 2. The Hall–Kier alpha value is -0.500. The van der Waals surface area contributed by atoms with Crippen molar-refractivity contribution in [2.45, 2.75) is 53.1 Å². The van der Waals surface area contributed by atoms with Crippen LogP contribution < -0.4 is 5.32 Å². The van der Waals surface area contributed by atoms with Crippen LogP contribution in [0.15, 0.2) is 12.3 Å². The number of hydrogen-bond donors (Lipinski definition) is 1. The first-order chi connectivity index (χ1) is 7.27. The smallest absolute Gasteiger partial charge is 0.0512 e. The zero-order chi connectivity index (χ0) is 12.5. The van der Waals surface area contributed by atoms with E-state index in [1.807, 2.05) is 7.05 Å². The van der Waals surface area contributed by atoms with Gasteiger partial charge in [-0.3, -0.25) is 0 Å². The van der Waals surface area contributed by atoms with Gasteiger partial charge < -0.3 is 10.2 Å². The molecule has 1 N–H and O–H groups in total. The van der Waals surface area contributed by atoms with Crippen molar-refractivity contribution in [1.29, 1.82) is 0 Å². The molecule has 1 rings (SSSR count). The van der Waals surface area contributed by atoms with Crippen molar-refractivity contribution in [2.75, 3.05) is 13.6 Å². The Morgan fingerprint density at radius 1 is 1.38 bits per heavy atom. The third-order valence-corrected chi connectivity index (χ3v) is 3.64. The maximum Gasteiger partial charge on any atom is 0.0512 e. The van der Waals surface area contributed by atoms with Crippen LogP contribution in [0.3, 0.4) is 0 Å². The molecular weight excluding hydrogens is 196 g/mol. The predicted octanol–water partition coefficient (Wildman–Crippen LogP) is 2.86. The van der Waals surface area contributed by atoms with Crippen LogP contribution >= 0.6 is 0 Å². The van der Waals surface area contributed by atoms with E-state index in [0.29, 0.717) is 12.1 Å². The minimum atomic E-state index is 0.220. The maximum atomic E-state index is 4.32. The lowest BCUT2D eigenvalue weighted by Gasteiger charge is -2.38. The van der Waals surface area contributed by atoms with E-state index in [2.05, 4.69) is 51.4 Å². The summed E-state index contributed by atoms with van der Waals surface area (Å²) < 4.78 is 0. The molecule has 1 unspecified atom stereocenters. The van der Waals surface area contributed by atoms with Gasteiger partial charge in [-0.1, -0.05) is 34.3 Å². The van der Waals surface area contributed by atoms with Crippen LogP contribution in [0.1, 0.15) is 41.0 Å². The number of likely N-dealkylation sites (tertiary alicyclic amines) is 1. The van der Waals surface area contributed by atoms with Crippen LogP contribution in [0.4, 0.5) is 0 Å². The predicted molar refractivity (Wildman–Crippen MR) is 71.4 cm³/mol. The van der Waals surface area contributed by atoms with E-state index in [1.54, 1.807) is 0 Å². The van der Waals surface area contributed by atoms with Crippen molar-refractivity contribution in [3.05, 3.63) is 12.3 Å². The van der Waals surface area contributed by atoms with Gasteiger partial charge in [-0.2, -0.15) is 0 Å². The highest BCUT2D eigenvalue weighted by atomic mass is 15.2. The monoisotopic (exact) mass is 224 g/mol. The van der Waals surface area contributed by atoms with Gasteiger partial charge in [0.05, 0.1) is 6.04 Å². The van der Waals surface area contributed by atoms with Gasteiger partial charge in [0.15, 0.2) is 0 Å². The molecule has 0 amide bonds.